The van der Waals surface area contributed by atoms with Crippen LogP contribution in [0.2, 0.25) is 0 Å². The van der Waals surface area contributed by atoms with Gasteiger partial charge in [0.25, 0.3) is 5.91 Å². The Morgan fingerprint density at radius 3 is 2.45 bits per heavy atom. The number of methoxy groups -OCH3 is 1. The maximum atomic E-state index is 12.0. The van der Waals surface area contributed by atoms with Crippen LogP contribution in [0.5, 0.6) is 5.75 Å². The van der Waals surface area contributed by atoms with Crippen molar-refractivity contribution in [2.24, 2.45) is 0 Å². The van der Waals surface area contributed by atoms with Crippen LogP contribution < -0.4 is 15.0 Å². The molecular formula is C15H23N2O3+. The molecule has 1 heterocycles. The molecule has 2 rings (SSSR count). The van der Waals surface area contributed by atoms with Crippen molar-refractivity contribution in [2.75, 3.05) is 32.1 Å². The van der Waals surface area contributed by atoms with Gasteiger partial charge < -0.3 is 19.7 Å². The Hall–Kier alpha value is -1.59. The molecule has 5 heteroatoms. The van der Waals surface area contributed by atoms with Gasteiger partial charge in [-0.2, -0.15) is 0 Å². The molecule has 0 unspecified atom stereocenters. The van der Waals surface area contributed by atoms with E-state index in [0.29, 0.717) is 6.54 Å². The van der Waals surface area contributed by atoms with E-state index in [4.69, 9.17) is 9.47 Å². The van der Waals surface area contributed by atoms with Crippen LogP contribution in [0.1, 0.15) is 13.8 Å². The summed E-state index contributed by atoms with van der Waals surface area (Å²) in [7, 11) is 1.62. The molecule has 1 aromatic rings. The normalized spacial score (nSPS) is 26.1. The zero-order valence-corrected chi connectivity index (χ0v) is 12.3. The number of ether oxygens (including phenoxy) is 2. The van der Waals surface area contributed by atoms with Gasteiger partial charge in [-0.3, -0.25) is 4.79 Å². The second-order valence-corrected chi connectivity index (χ2v) is 5.37. The third kappa shape index (κ3) is 4.21. The van der Waals surface area contributed by atoms with Crippen LogP contribution in [0, 0.1) is 0 Å². The summed E-state index contributed by atoms with van der Waals surface area (Å²) >= 11 is 0. The Labute approximate surface area is 119 Å². The Morgan fingerprint density at radius 1 is 1.30 bits per heavy atom. The fourth-order valence-corrected chi connectivity index (χ4v) is 2.64. The fourth-order valence-electron chi connectivity index (χ4n) is 2.64. The van der Waals surface area contributed by atoms with Crippen LogP contribution in [-0.4, -0.2) is 44.9 Å². The number of hydrogen-bond acceptors (Lipinski definition) is 3. The molecule has 2 N–H and O–H groups in total. The summed E-state index contributed by atoms with van der Waals surface area (Å²) in [4.78, 5) is 13.3. The first-order chi connectivity index (χ1) is 9.56. The minimum atomic E-state index is 0.0338. The second-order valence-electron chi connectivity index (χ2n) is 5.37. The van der Waals surface area contributed by atoms with Crippen molar-refractivity contribution in [2.45, 2.75) is 26.1 Å². The second kappa shape index (κ2) is 6.72. The van der Waals surface area contributed by atoms with Crippen molar-refractivity contribution < 1.29 is 19.2 Å². The van der Waals surface area contributed by atoms with Crippen molar-refractivity contribution in [3.8, 4) is 5.75 Å². The van der Waals surface area contributed by atoms with Gasteiger partial charge in [0.05, 0.1) is 7.11 Å². The van der Waals surface area contributed by atoms with E-state index < -0.39 is 0 Å². The summed E-state index contributed by atoms with van der Waals surface area (Å²) < 4.78 is 10.8. The number of anilines is 1. The SMILES string of the molecule is COc1ccc(NC(=O)C[NH+]2C[C@H](C)O[C@@H](C)C2)cc1. The lowest BCUT2D eigenvalue weighted by molar-refractivity contribution is -0.907. The average Bonchev–Trinajstić information content (AvgIpc) is 2.38. The maximum Gasteiger partial charge on any atom is 0.279 e. The monoisotopic (exact) mass is 279 g/mol. The van der Waals surface area contributed by atoms with Crippen molar-refractivity contribution >= 4 is 11.6 Å². The average molecular weight is 279 g/mol. The highest BCUT2D eigenvalue weighted by atomic mass is 16.5. The predicted octanol–water partition coefficient (Wildman–Crippen LogP) is 0.326. The first kappa shape index (κ1) is 14.8. The van der Waals surface area contributed by atoms with Gasteiger partial charge >= 0.3 is 0 Å². The molecule has 110 valence electrons. The summed E-state index contributed by atoms with van der Waals surface area (Å²) in [6.07, 6.45) is 0.421. The minimum Gasteiger partial charge on any atom is -0.497 e. The van der Waals surface area contributed by atoms with Crippen molar-refractivity contribution in [1.82, 2.24) is 0 Å². The van der Waals surface area contributed by atoms with Crippen LogP contribution >= 0.6 is 0 Å². The molecule has 0 spiro atoms. The standard InChI is InChI=1S/C15H22N2O3/c1-11-8-17(9-12(2)20-11)10-15(18)16-13-4-6-14(19-3)7-5-13/h4-7,11-12H,8-10H2,1-3H3,(H,16,18)/p+1/t11-,12-/m0/s1. The van der Waals surface area contributed by atoms with Crippen LogP contribution in [-0.2, 0) is 9.53 Å². The first-order valence-electron chi connectivity index (χ1n) is 6.99. The Balaban J connectivity index is 1.85. The minimum absolute atomic E-state index is 0.0338. The van der Waals surface area contributed by atoms with Gasteiger partial charge in [0.1, 0.15) is 31.0 Å². The maximum absolute atomic E-state index is 12.0. The number of rotatable bonds is 4. The third-order valence-electron chi connectivity index (χ3n) is 3.40. The van der Waals surface area contributed by atoms with Gasteiger partial charge in [0, 0.05) is 5.69 Å². The van der Waals surface area contributed by atoms with Gasteiger partial charge in [0.2, 0.25) is 0 Å². The molecule has 1 aromatic carbocycles. The molecule has 5 nitrogen and oxygen atoms in total. The van der Waals surface area contributed by atoms with Gasteiger partial charge in [-0.25, -0.2) is 0 Å². The molecule has 0 aliphatic carbocycles. The topological polar surface area (TPSA) is 52.0 Å². The molecule has 1 amide bonds. The lowest BCUT2D eigenvalue weighted by atomic mass is 10.2. The van der Waals surface area contributed by atoms with Gasteiger partial charge in [-0.15, -0.1) is 0 Å². The molecule has 1 saturated heterocycles. The van der Waals surface area contributed by atoms with Crippen LogP contribution in [0.15, 0.2) is 24.3 Å². The number of benzene rings is 1. The van der Waals surface area contributed by atoms with Gasteiger partial charge in [0.15, 0.2) is 6.54 Å². The lowest BCUT2D eigenvalue weighted by Crippen LogP contribution is -3.16. The predicted molar refractivity (Wildman–Crippen MR) is 77.2 cm³/mol. The molecule has 20 heavy (non-hydrogen) atoms. The largest absolute Gasteiger partial charge is 0.497 e. The highest BCUT2D eigenvalue weighted by molar-refractivity contribution is 5.91. The summed E-state index contributed by atoms with van der Waals surface area (Å²) in [5.41, 5.74) is 0.796. The number of morpholine rings is 1. The number of carbonyl (C=O) groups excluding carboxylic acids is 1. The van der Waals surface area contributed by atoms with E-state index in [1.165, 1.54) is 4.90 Å². The quantitative estimate of drug-likeness (QED) is 0.835. The van der Waals surface area contributed by atoms with E-state index >= 15 is 0 Å². The molecular weight excluding hydrogens is 256 g/mol. The number of quaternary nitrogens is 1. The number of nitrogens with one attached hydrogen (secondary N) is 2. The number of hydrogen-bond donors (Lipinski definition) is 2. The summed E-state index contributed by atoms with van der Waals surface area (Å²) in [6, 6.07) is 7.36. The van der Waals surface area contributed by atoms with E-state index in [1.54, 1.807) is 7.11 Å². The van der Waals surface area contributed by atoms with Crippen LogP contribution in [0.25, 0.3) is 0 Å². The van der Waals surface area contributed by atoms with Crippen molar-refractivity contribution in [1.29, 1.82) is 0 Å². The van der Waals surface area contributed by atoms with E-state index in [0.717, 1.165) is 24.5 Å². The first-order valence-corrected chi connectivity index (χ1v) is 6.99. The lowest BCUT2D eigenvalue weighted by Gasteiger charge is -2.31. The molecule has 1 aliphatic rings. The molecule has 2 atom stereocenters. The Bertz CT molecular complexity index is 437. The number of amides is 1. The van der Waals surface area contributed by atoms with Crippen molar-refractivity contribution in [3.05, 3.63) is 24.3 Å². The van der Waals surface area contributed by atoms with Gasteiger partial charge in [-0.05, 0) is 38.1 Å². The highest BCUT2D eigenvalue weighted by Crippen LogP contribution is 2.14. The summed E-state index contributed by atoms with van der Waals surface area (Å²) in [6.45, 7) is 6.33. The molecule has 0 radical (unpaired) electrons. The molecule has 1 fully saturated rings. The highest BCUT2D eigenvalue weighted by Gasteiger charge is 2.27. The molecule has 0 saturated carbocycles. The van der Waals surface area contributed by atoms with Crippen molar-refractivity contribution in [3.63, 3.8) is 0 Å². The van der Waals surface area contributed by atoms with E-state index in [1.807, 2.05) is 24.3 Å². The molecule has 0 aromatic heterocycles. The van der Waals surface area contributed by atoms with Gasteiger partial charge in [-0.1, -0.05) is 0 Å². The summed E-state index contributed by atoms with van der Waals surface area (Å²) in [5, 5.41) is 2.91. The summed E-state index contributed by atoms with van der Waals surface area (Å²) in [5.74, 6) is 0.816. The van der Waals surface area contributed by atoms with E-state index in [9.17, 15) is 4.79 Å². The van der Waals surface area contributed by atoms with Crippen LogP contribution in [0.3, 0.4) is 0 Å². The van der Waals surface area contributed by atoms with E-state index in [-0.39, 0.29) is 18.1 Å². The zero-order valence-electron chi connectivity index (χ0n) is 12.3. The fraction of sp³-hybridized carbons (Fsp3) is 0.533. The Kier molecular flexibility index (Phi) is 4.98. The molecule has 1 aliphatic heterocycles. The number of carbonyl (C=O) groups is 1. The Morgan fingerprint density at radius 2 is 1.90 bits per heavy atom. The van der Waals surface area contributed by atoms with Crippen LogP contribution in [0.4, 0.5) is 5.69 Å². The third-order valence-corrected chi connectivity index (χ3v) is 3.40. The van der Waals surface area contributed by atoms with E-state index in [2.05, 4.69) is 19.2 Å². The smallest absolute Gasteiger partial charge is 0.279 e. The zero-order chi connectivity index (χ0) is 14.5. The molecule has 0 bridgehead atoms.